The Hall–Kier alpha value is -2.37. The van der Waals surface area contributed by atoms with Gasteiger partial charge < -0.3 is 9.64 Å². The fourth-order valence-electron chi connectivity index (χ4n) is 4.51. The number of nitrogens with zero attached hydrogens (tertiary/aromatic N) is 3. The summed E-state index contributed by atoms with van der Waals surface area (Å²) in [5.41, 5.74) is 2.28. The maximum atomic E-state index is 13.0. The Labute approximate surface area is 167 Å². The van der Waals surface area contributed by atoms with Crippen LogP contribution in [0.15, 0.2) is 54.6 Å². The number of hydrogen-bond donors (Lipinski definition) is 0. The smallest absolute Gasteiger partial charge is 0.241 e. The van der Waals surface area contributed by atoms with E-state index in [4.69, 9.17) is 4.74 Å². The Morgan fingerprint density at radius 3 is 2.64 bits per heavy atom. The molecule has 0 aliphatic carbocycles. The lowest BCUT2D eigenvalue weighted by molar-refractivity contribution is -0.122. The highest BCUT2D eigenvalue weighted by atomic mass is 16.5. The first-order chi connectivity index (χ1) is 13.6. The van der Waals surface area contributed by atoms with Gasteiger partial charge in [0, 0.05) is 50.0 Å². The van der Waals surface area contributed by atoms with Gasteiger partial charge in [0.15, 0.2) is 0 Å². The second-order valence-electron chi connectivity index (χ2n) is 7.91. The maximum absolute atomic E-state index is 13.0. The predicted molar refractivity (Wildman–Crippen MR) is 112 cm³/mol. The molecule has 2 fully saturated rings. The van der Waals surface area contributed by atoms with E-state index in [0.717, 1.165) is 44.0 Å². The second kappa shape index (κ2) is 8.33. The fourth-order valence-corrected chi connectivity index (χ4v) is 4.51. The molecule has 2 unspecified atom stereocenters. The van der Waals surface area contributed by atoms with E-state index in [9.17, 15) is 4.79 Å². The van der Waals surface area contributed by atoms with Crippen molar-refractivity contribution in [2.45, 2.75) is 32.0 Å². The highest BCUT2D eigenvalue weighted by molar-refractivity contribution is 5.96. The van der Waals surface area contributed by atoms with E-state index in [1.807, 2.05) is 29.2 Å². The molecule has 0 saturated carbocycles. The molecule has 2 aliphatic rings. The first-order valence-electron chi connectivity index (χ1n) is 10.1. The summed E-state index contributed by atoms with van der Waals surface area (Å²) in [6, 6.07) is 19.0. The highest BCUT2D eigenvalue weighted by Gasteiger charge is 2.36. The molecule has 2 aromatic rings. The standard InChI is InChI=1S/C23H29N3O2/c1-18-14-25(17-23(27)26(18)20-9-6-10-22(13-20)28-2)21-11-12-24(16-21)15-19-7-4-3-5-8-19/h3-10,13,18,21H,11-12,14-17H2,1-2H3. The van der Waals surface area contributed by atoms with Crippen LogP contribution in [-0.2, 0) is 11.3 Å². The molecule has 0 bridgehead atoms. The van der Waals surface area contributed by atoms with Crippen LogP contribution in [0.4, 0.5) is 5.69 Å². The molecule has 4 rings (SSSR count). The predicted octanol–water partition coefficient (Wildman–Crippen LogP) is 3.01. The maximum Gasteiger partial charge on any atom is 0.241 e. The van der Waals surface area contributed by atoms with Crippen LogP contribution in [0.2, 0.25) is 0 Å². The molecule has 2 aromatic carbocycles. The molecule has 0 aromatic heterocycles. The third kappa shape index (κ3) is 4.05. The Morgan fingerprint density at radius 1 is 1.07 bits per heavy atom. The summed E-state index contributed by atoms with van der Waals surface area (Å²) in [5.74, 6) is 0.959. The van der Waals surface area contributed by atoms with Crippen LogP contribution < -0.4 is 9.64 Å². The van der Waals surface area contributed by atoms with Gasteiger partial charge in [-0.2, -0.15) is 0 Å². The van der Waals surface area contributed by atoms with Gasteiger partial charge in [-0.05, 0) is 31.0 Å². The molecule has 2 aliphatic heterocycles. The minimum Gasteiger partial charge on any atom is -0.497 e. The SMILES string of the molecule is COc1cccc(N2C(=O)CN(C3CCN(Cc4ccccc4)C3)CC2C)c1. The normalized spacial score (nSPS) is 23.9. The van der Waals surface area contributed by atoms with Crippen molar-refractivity contribution in [2.75, 3.05) is 38.2 Å². The quantitative estimate of drug-likeness (QED) is 0.800. The Morgan fingerprint density at radius 2 is 1.89 bits per heavy atom. The number of carbonyl (C=O) groups is 1. The number of hydrogen-bond acceptors (Lipinski definition) is 4. The Kier molecular flexibility index (Phi) is 5.64. The molecular formula is C23H29N3O2. The van der Waals surface area contributed by atoms with Crippen molar-refractivity contribution in [3.63, 3.8) is 0 Å². The summed E-state index contributed by atoms with van der Waals surface area (Å²) in [5, 5.41) is 0. The lowest BCUT2D eigenvalue weighted by atomic mass is 10.1. The number of anilines is 1. The van der Waals surface area contributed by atoms with E-state index in [1.165, 1.54) is 5.56 Å². The molecule has 5 heteroatoms. The van der Waals surface area contributed by atoms with E-state index in [-0.39, 0.29) is 11.9 Å². The van der Waals surface area contributed by atoms with Crippen LogP contribution in [0.5, 0.6) is 5.75 Å². The van der Waals surface area contributed by atoms with Crippen molar-refractivity contribution in [3.05, 3.63) is 60.2 Å². The fraction of sp³-hybridized carbons (Fsp3) is 0.435. The second-order valence-corrected chi connectivity index (χ2v) is 7.91. The molecule has 0 N–H and O–H groups in total. The zero-order valence-electron chi connectivity index (χ0n) is 16.8. The van der Waals surface area contributed by atoms with Crippen LogP contribution in [0, 0.1) is 0 Å². The topological polar surface area (TPSA) is 36.0 Å². The highest BCUT2D eigenvalue weighted by Crippen LogP contribution is 2.27. The number of carbonyl (C=O) groups excluding carboxylic acids is 1. The molecule has 1 amide bonds. The van der Waals surface area contributed by atoms with Crippen molar-refractivity contribution in [1.29, 1.82) is 0 Å². The average molecular weight is 380 g/mol. The molecule has 28 heavy (non-hydrogen) atoms. The van der Waals surface area contributed by atoms with Crippen molar-refractivity contribution in [2.24, 2.45) is 0 Å². The van der Waals surface area contributed by atoms with E-state index in [1.54, 1.807) is 7.11 Å². The number of methoxy groups -OCH3 is 1. The van der Waals surface area contributed by atoms with E-state index in [0.29, 0.717) is 12.6 Å². The van der Waals surface area contributed by atoms with Gasteiger partial charge >= 0.3 is 0 Å². The van der Waals surface area contributed by atoms with Gasteiger partial charge in [-0.3, -0.25) is 14.6 Å². The molecule has 0 radical (unpaired) electrons. The van der Waals surface area contributed by atoms with Crippen LogP contribution in [0.25, 0.3) is 0 Å². The van der Waals surface area contributed by atoms with Gasteiger partial charge in [0.2, 0.25) is 5.91 Å². The summed E-state index contributed by atoms with van der Waals surface area (Å²) < 4.78 is 5.33. The van der Waals surface area contributed by atoms with Gasteiger partial charge in [0.1, 0.15) is 5.75 Å². The lowest BCUT2D eigenvalue weighted by Crippen LogP contribution is -2.58. The Bertz CT molecular complexity index is 811. The zero-order chi connectivity index (χ0) is 19.5. The van der Waals surface area contributed by atoms with Gasteiger partial charge in [-0.15, -0.1) is 0 Å². The van der Waals surface area contributed by atoms with Crippen molar-refractivity contribution in [3.8, 4) is 5.75 Å². The Balaban J connectivity index is 1.38. The largest absolute Gasteiger partial charge is 0.497 e. The van der Waals surface area contributed by atoms with Gasteiger partial charge in [-0.25, -0.2) is 0 Å². The molecule has 148 valence electrons. The summed E-state index contributed by atoms with van der Waals surface area (Å²) in [4.78, 5) is 19.8. The van der Waals surface area contributed by atoms with Crippen LogP contribution in [0.3, 0.4) is 0 Å². The lowest BCUT2D eigenvalue weighted by Gasteiger charge is -2.42. The third-order valence-corrected chi connectivity index (χ3v) is 5.89. The number of rotatable bonds is 5. The summed E-state index contributed by atoms with van der Waals surface area (Å²) >= 11 is 0. The molecule has 0 spiro atoms. The van der Waals surface area contributed by atoms with Gasteiger partial charge in [0.05, 0.1) is 13.7 Å². The summed E-state index contributed by atoms with van der Waals surface area (Å²) in [6.07, 6.45) is 1.13. The minimum absolute atomic E-state index is 0.150. The van der Waals surface area contributed by atoms with E-state index < -0.39 is 0 Å². The van der Waals surface area contributed by atoms with E-state index in [2.05, 4.69) is 47.1 Å². The number of likely N-dealkylation sites (tertiary alicyclic amines) is 1. The monoisotopic (exact) mass is 379 g/mol. The van der Waals surface area contributed by atoms with Crippen molar-refractivity contribution in [1.82, 2.24) is 9.80 Å². The summed E-state index contributed by atoms with van der Waals surface area (Å²) in [7, 11) is 1.66. The number of ether oxygens (including phenoxy) is 1. The number of piperazine rings is 1. The zero-order valence-corrected chi connectivity index (χ0v) is 16.8. The van der Waals surface area contributed by atoms with Gasteiger partial charge in [0.25, 0.3) is 0 Å². The summed E-state index contributed by atoms with van der Waals surface area (Å²) in [6.45, 7) is 6.66. The molecule has 2 heterocycles. The molecule has 5 nitrogen and oxygen atoms in total. The third-order valence-electron chi connectivity index (χ3n) is 5.89. The van der Waals surface area contributed by atoms with Crippen LogP contribution in [-0.4, -0.2) is 61.1 Å². The van der Waals surface area contributed by atoms with Gasteiger partial charge in [-0.1, -0.05) is 36.4 Å². The molecule has 2 atom stereocenters. The van der Waals surface area contributed by atoms with E-state index >= 15 is 0 Å². The molecule has 2 saturated heterocycles. The first kappa shape index (κ1) is 19.0. The number of benzene rings is 2. The molecular weight excluding hydrogens is 350 g/mol. The van der Waals surface area contributed by atoms with Crippen LogP contribution >= 0.6 is 0 Å². The van der Waals surface area contributed by atoms with Crippen molar-refractivity contribution < 1.29 is 9.53 Å². The minimum atomic E-state index is 0.150. The van der Waals surface area contributed by atoms with Crippen molar-refractivity contribution >= 4 is 11.6 Å². The number of amides is 1. The average Bonchev–Trinajstić information content (AvgIpc) is 3.17. The first-order valence-corrected chi connectivity index (χ1v) is 10.1. The van der Waals surface area contributed by atoms with Crippen LogP contribution in [0.1, 0.15) is 18.9 Å².